The van der Waals surface area contributed by atoms with Crippen molar-refractivity contribution in [3.8, 4) is 0 Å². The van der Waals surface area contributed by atoms with Gasteiger partial charge in [-0.25, -0.2) is 8.42 Å². The minimum atomic E-state index is -3.91. The van der Waals surface area contributed by atoms with E-state index in [4.69, 9.17) is 11.6 Å². The van der Waals surface area contributed by atoms with Crippen LogP contribution in [0.2, 0.25) is 5.02 Å². The van der Waals surface area contributed by atoms with E-state index in [0.717, 1.165) is 15.4 Å². The summed E-state index contributed by atoms with van der Waals surface area (Å²) >= 11 is 5.88. The van der Waals surface area contributed by atoms with Gasteiger partial charge in [0.05, 0.1) is 11.4 Å². The molecule has 1 atom stereocenters. The third kappa shape index (κ3) is 7.29. The highest BCUT2D eigenvalue weighted by Crippen LogP contribution is 2.20. The smallest absolute Gasteiger partial charge is 0.243 e. The lowest BCUT2D eigenvalue weighted by Gasteiger charge is -2.32. The highest BCUT2D eigenvalue weighted by Gasteiger charge is 2.32. The monoisotopic (exact) mass is 507 g/mol. The molecule has 0 aromatic heterocycles. The summed E-state index contributed by atoms with van der Waals surface area (Å²) in [4.78, 5) is 28.0. The quantitative estimate of drug-likeness (QED) is 0.500. The first kappa shape index (κ1) is 27.8. The molecule has 0 radical (unpaired) electrons. The van der Waals surface area contributed by atoms with E-state index in [-0.39, 0.29) is 23.3 Å². The Labute approximate surface area is 208 Å². The number of nitrogens with zero attached hydrogens (tertiary/aromatic N) is 2. The van der Waals surface area contributed by atoms with Crippen molar-refractivity contribution in [1.82, 2.24) is 14.5 Å². The largest absolute Gasteiger partial charge is 0.354 e. The first-order chi connectivity index (χ1) is 16.0. The van der Waals surface area contributed by atoms with Crippen molar-refractivity contribution < 1.29 is 18.0 Å². The van der Waals surface area contributed by atoms with Gasteiger partial charge in [-0.05, 0) is 54.7 Å². The number of nitrogens with one attached hydrogen (secondary N) is 1. The van der Waals surface area contributed by atoms with Crippen LogP contribution in [0.4, 0.5) is 0 Å². The van der Waals surface area contributed by atoms with E-state index in [0.29, 0.717) is 18.0 Å². The minimum absolute atomic E-state index is 0.0411. The molecule has 0 fully saturated rings. The topological polar surface area (TPSA) is 86.8 Å². The number of aryl methyl sites for hydroxylation is 1. The van der Waals surface area contributed by atoms with Crippen LogP contribution < -0.4 is 5.32 Å². The van der Waals surface area contributed by atoms with Crippen molar-refractivity contribution in [3.05, 3.63) is 64.7 Å². The lowest BCUT2D eigenvalue weighted by Crippen LogP contribution is -2.52. The van der Waals surface area contributed by atoms with Crippen LogP contribution in [0.15, 0.2) is 53.4 Å². The summed E-state index contributed by atoms with van der Waals surface area (Å²) in [5.41, 5.74) is 1.88. The molecule has 0 aliphatic rings. The molecule has 2 amide bonds. The molecule has 2 aromatic carbocycles. The van der Waals surface area contributed by atoms with Crippen molar-refractivity contribution in [3.63, 3.8) is 0 Å². The van der Waals surface area contributed by atoms with Gasteiger partial charge in [-0.3, -0.25) is 9.59 Å². The van der Waals surface area contributed by atoms with Crippen LogP contribution in [0.3, 0.4) is 0 Å². The molecule has 0 saturated heterocycles. The molecule has 1 unspecified atom stereocenters. The molecule has 186 valence electrons. The number of halogens is 1. The zero-order valence-electron chi connectivity index (χ0n) is 20.4. The number of likely N-dealkylation sites (N-methyl/N-ethyl adjacent to an activating group) is 1. The second-order valence-corrected chi connectivity index (χ2v) is 11.2. The molecule has 0 aliphatic carbocycles. The van der Waals surface area contributed by atoms with Gasteiger partial charge in [0.1, 0.15) is 6.04 Å². The summed E-state index contributed by atoms with van der Waals surface area (Å²) in [6.45, 7) is 8.06. The number of amides is 2. The standard InChI is InChI=1S/C25H34ClN3O4S/c1-6-23(25(31)27-15-18(2)3)29(16-20-10-8-7-9-19(20)4)24(30)17-28(5)34(32,33)22-13-11-21(26)12-14-22/h7-14,18,23H,6,15-17H2,1-5H3,(H,27,31). The van der Waals surface area contributed by atoms with Gasteiger partial charge in [-0.2, -0.15) is 4.31 Å². The Kier molecular flexibility index (Phi) is 10.1. The fourth-order valence-electron chi connectivity index (χ4n) is 3.47. The van der Waals surface area contributed by atoms with Gasteiger partial charge in [0.2, 0.25) is 21.8 Å². The summed E-state index contributed by atoms with van der Waals surface area (Å²) in [7, 11) is -2.56. The molecular formula is C25H34ClN3O4S. The van der Waals surface area contributed by atoms with E-state index >= 15 is 0 Å². The molecule has 0 heterocycles. The fraction of sp³-hybridized carbons (Fsp3) is 0.440. The Morgan fingerprint density at radius 1 is 1.06 bits per heavy atom. The van der Waals surface area contributed by atoms with Crippen LogP contribution in [0.25, 0.3) is 0 Å². The van der Waals surface area contributed by atoms with E-state index in [2.05, 4.69) is 5.32 Å². The van der Waals surface area contributed by atoms with Crippen molar-refractivity contribution >= 4 is 33.4 Å². The zero-order chi connectivity index (χ0) is 25.5. The SMILES string of the molecule is CCC(C(=O)NCC(C)C)N(Cc1ccccc1C)C(=O)CN(C)S(=O)(=O)c1ccc(Cl)cc1. The first-order valence-electron chi connectivity index (χ1n) is 11.3. The molecule has 1 N–H and O–H groups in total. The molecule has 2 rings (SSSR count). The molecule has 0 bridgehead atoms. The van der Waals surface area contributed by atoms with Gasteiger partial charge in [0, 0.05) is 25.2 Å². The van der Waals surface area contributed by atoms with Crippen LogP contribution in [0.5, 0.6) is 0 Å². The minimum Gasteiger partial charge on any atom is -0.354 e. The molecule has 7 nitrogen and oxygen atoms in total. The van der Waals surface area contributed by atoms with Gasteiger partial charge < -0.3 is 10.2 Å². The fourth-order valence-corrected chi connectivity index (χ4v) is 4.71. The third-order valence-corrected chi connectivity index (χ3v) is 7.62. The number of rotatable bonds is 11. The van der Waals surface area contributed by atoms with Crippen molar-refractivity contribution in [2.24, 2.45) is 5.92 Å². The lowest BCUT2D eigenvalue weighted by atomic mass is 10.1. The highest BCUT2D eigenvalue weighted by atomic mass is 35.5. The van der Waals surface area contributed by atoms with Crippen LogP contribution in [0.1, 0.15) is 38.3 Å². The van der Waals surface area contributed by atoms with E-state index in [1.54, 1.807) is 0 Å². The number of sulfonamides is 1. The number of benzene rings is 2. The Hall–Kier alpha value is -2.42. The molecule has 34 heavy (non-hydrogen) atoms. The molecule has 0 saturated carbocycles. The Bertz CT molecular complexity index is 1090. The lowest BCUT2D eigenvalue weighted by molar-refractivity contribution is -0.141. The summed E-state index contributed by atoms with van der Waals surface area (Å²) in [6.07, 6.45) is 0.398. The Morgan fingerprint density at radius 2 is 1.68 bits per heavy atom. The summed E-state index contributed by atoms with van der Waals surface area (Å²) in [6, 6.07) is 12.7. The van der Waals surface area contributed by atoms with Crippen LogP contribution in [-0.4, -0.2) is 55.6 Å². The maximum absolute atomic E-state index is 13.5. The Balaban J connectivity index is 2.32. The first-order valence-corrected chi connectivity index (χ1v) is 13.1. The predicted octanol–water partition coefficient (Wildman–Crippen LogP) is 3.85. The normalized spacial score (nSPS) is 12.6. The number of hydrogen-bond acceptors (Lipinski definition) is 4. The van der Waals surface area contributed by atoms with Gasteiger partial charge in [-0.15, -0.1) is 0 Å². The van der Waals surface area contributed by atoms with Crippen LogP contribution >= 0.6 is 11.6 Å². The maximum Gasteiger partial charge on any atom is 0.243 e. The summed E-state index contributed by atoms with van der Waals surface area (Å²) in [5.74, 6) is -0.436. The third-order valence-electron chi connectivity index (χ3n) is 5.55. The van der Waals surface area contributed by atoms with Gasteiger partial charge in [-0.1, -0.05) is 56.6 Å². The average Bonchev–Trinajstić information content (AvgIpc) is 2.78. The zero-order valence-corrected chi connectivity index (χ0v) is 22.0. The number of carbonyl (C=O) groups is 2. The number of carbonyl (C=O) groups excluding carboxylic acids is 2. The predicted molar refractivity (Wildman–Crippen MR) is 135 cm³/mol. The van der Waals surface area contributed by atoms with Gasteiger partial charge >= 0.3 is 0 Å². The van der Waals surface area contributed by atoms with E-state index < -0.39 is 28.5 Å². The summed E-state index contributed by atoms with van der Waals surface area (Å²) in [5, 5.41) is 3.32. The van der Waals surface area contributed by atoms with Crippen LogP contribution in [-0.2, 0) is 26.2 Å². The van der Waals surface area contributed by atoms with Gasteiger partial charge in [0.15, 0.2) is 0 Å². The number of hydrogen-bond donors (Lipinski definition) is 1. The molecular weight excluding hydrogens is 474 g/mol. The van der Waals surface area contributed by atoms with Crippen molar-refractivity contribution in [2.75, 3.05) is 20.1 Å². The van der Waals surface area contributed by atoms with Crippen molar-refractivity contribution in [1.29, 1.82) is 0 Å². The molecule has 0 aliphatic heterocycles. The maximum atomic E-state index is 13.5. The second-order valence-electron chi connectivity index (χ2n) is 8.73. The summed E-state index contributed by atoms with van der Waals surface area (Å²) < 4.78 is 27.0. The van der Waals surface area contributed by atoms with Gasteiger partial charge in [0.25, 0.3) is 0 Å². The molecule has 9 heteroatoms. The Morgan fingerprint density at radius 3 is 2.24 bits per heavy atom. The van der Waals surface area contributed by atoms with Crippen LogP contribution in [0, 0.1) is 12.8 Å². The highest BCUT2D eigenvalue weighted by molar-refractivity contribution is 7.89. The second kappa shape index (κ2) is 12.3. The average molecular weight is 508 g/mol. The van der Waals surface area contributed by atoms with E-state index in [1.807, 2.05) is 52.0 Å². The van der Waals surface area contributed by atoms with E-state index in [1.165, 1.54) is 36.2 Å². The van der Waals surface area contributed by atoms with E-state index in [9.17, 15) is 18.0 Å². The molecule has 0 spiro atoms. The van der Waals surface area contributed by atoms with Crippen molar-refractivity contribution in [2.45, 2.75) is 51.6 Å². The molecule has 2 aromatic rings.